The van der Waals surface area contributed by atoms with Gasteiger partial charge in [-0.1, -0.05) is 26.2 Å². The van der Waals surface area contributed by atoms with Gasteiger partial charge < -0.3 is 5.73 Å². The molecule has 0 aliphatic heterocycles. The van der Waals surface area contributed by atoms with Crippen molar-refractivity contribution in [2.45, 2.75) is 51.5 Å². The largest absolute Gasteiger partial charge is 0.325 e. The lowest BCUT2D eigenvalue weighted by molar-refractivity contribution is 0.314. The van der Waals surface area contributed by atoms with Crippen LogP contribution >= 0.6 is 11.3 Å². The van der Waals surface area contributed by atoms with Crippen molar-refractivity contribution < 1.29 is 0 Å². The molecule has 0 bridgehead atoms. The summed E-state index contributed by atoms with van der Waals surface area (Å²) in [4.78, 5) is 4.61. The minimum absolute atomic E-state index is 0.584. The number of thiazole rings is 1. The SMILES string of the molecule is CCC1CCCC(c2nc(CN)cs2)C1. The molecular weight excluding hydrogens is 204 g/mol. The van der Waals surface area contributed by atoms with Gasteiger partial charge in [0.2, 0.25) is 0 Å². The summed E-state index contributed by atoms with van der Waals surface area (Å²) in [7, 11) is 0. The van der Waals surface area contributed by atoms with Crippen LogP contribution in [0, 0.1) is 5.92 Å². The Hall–Kier alpha value is -0.410. The van der Waals surface area contributed by atoms with E-state index >= 15 is 0 Å². The van der Waals surface area contributed by atoms with E-state index < -0.39 is 0 Å². The minimum atomic E-state index is 0.584. The quantitative estimate of drug-likeness (QED) is 0.855. The molecule has 2 N–H and O–H groups in total. The molecule has 15 heavy (non-hydrogen) atoms. The van der Waals surface area contributed by atoms with E-state index in [1.165, 1.54) is 37.1 Å². The summed E-state index contributed by atoms with van der Waals surface area (Å²) in [5, 5.41) is 3.44. The number of rotatable bonds is 3. The van der Waals surface area contributed by atoms with Crippen molar-refractivity contribution in [2.24, 2.45) is 11.7 Å². The molecule has 1 aliphatic carbocycles. The van der Waals surface area contributed by atoms with Crippen LogP contribution in [-0.4, -0.2) is 4.98 Å². The van der Waals surface area contributed by atoms with E-state index in [0.717, 1.165) is 11.6 Å². The van der Waals surface area contributed by atoms with Crippen molar-refractivity contribution in [2.75, 3.05) is 0 Å². The van der Waals surface area contributed by atoms with Crippen LogP contribution in [-0.2, 0) is 6.54 Å². The summed E-state index contributed by atoms with van der Waals surface area (Å²) >= 11 is 1.80. The van der Waals surface area contributed by atoms with Crippen molar-refractivity contribution in [3.8, 4) is 0 Å². The van der Waals surface area contributed by atoms with Crippen molar-refractivity contribution in [3.63, 3.8) is 0 Å². The highest BCUT2D eigenvalue weighted by Crippen LogP contribution is 2.38. The fraction of sp³-hybridized carbons (Fsp3) is 0.750. The molecule has 1 heterocycles. The van der Waals surface area contributed by atoms with E-state index in [0.29, 0.717) is 12.5 Å². The Labute approximate surface area is 95.9 Å². The van der Waals surface area contributed by atoms with Crippen molar-refractivity contribution in [3.05, 3.63) is 16.1 Å². The first-order valence-corrected chi connectivity index (χ1v) is 6.85. The number of hydrogen-bond donors (Lipinski definition) is 1. The summed E-state index contributed by atoms with van der Waals surface area (Å²) in [6.07, 6.45) is 6.79. The summed E-state index contributed by atoms with van der Waals surface area (Å²) in [5.74, 6) is 1.64. The Kier molecular flexibility index (Phi) is 3.76. The molecule has 3 heteroatoms. The second kappa shape index (κ2) is 5.08. The third-order valence-corrected chi connectivity index (χ3v) is 4.54. The van der Waals surface area contributed by atoms with Gasteiger partial charge in [-0.2, -0.15) is 0 Å². The van der Waals surface area contributed by atoms with Crippen LogP contribution in [0.15, 0.2) is 5.38 Å². The van der Waals surface area contributed by atoms with Gasteiger partial charge in [0.05, 0.1) is 10.7 Å². The maximum atomic E-state index is 5.59. The summed E-state index contributed by atoms with van der Waals surface area (Å²) < 4.78 is 0. The summed E-state index contributed by atoms with van der Waals surface area (Å²) in [6.45, 7) is 2.89. The molecule has 0 radical (unpaired) electrons. The molecule has 84 valence electrons. The van der Waals surface area contributed by atoms with E-state index in [1.54, 1.807) is 11.3 Å². The second-order valence-corrected chi connectivity index (χ2v) is 5.41. The van der Waals surface area contributed by atoms with E-state index in [2.05, 4.69) is 17.3 Å². The Morgan fingerprint density at radius 3 is 3.07 bits per heavy atom. The predicted molar refractivity (Wildman–Crippen MR) is 65.0 cm³/mol. The lowest BCUT2D eigenvalue weighted by atomic mass is 9.80. The normalized spacial score (nSPS) is 26.8. The van der Waals surface area contributed by atoms with Crippen LogP contribution in [0.3, 0.4) is 0 Å². The zero-order valence-corrected chi connectivity index (χ0v) is 10.2. The molecule has 1 aromatic heterocycles. The van der Waals surface area contributed by atoms with Gasteiger partial charge in [0.15, 0.2) is 0 Å². The Bertz CT molecular complexity index is 308. The second-order valence-electron chi connectivity index (χ2n) is 4.52. The third-order valence-electron chi connectivity index (χ3n) is 3.49. The lowest BCUT2D eigenvalue weighted by Gasteiger charge is -2.26. The van der Waals surface area contributed by atoms with E-state index in [4.69, 9.17) is 5.73 Å². The van der Waals surface area contributed by atoms with E-state index in [1.807, 2.05) is 0 Å². The average molecular weight is 224 g/mol. The standard InChI is InChI=1S/C12H20N2S/c1-2-9-4-3-5-10(6-9)12-14-11(7-13)8-15-12/h8-10H,2-7,13H2,1H3. The number of nitrogens with zero attached hydrogens (tertiary/aromatic N) is 1. The Morgan fingerprint density at radius 1 is 1.53 bits per heavy atom. The van der Waals surface area contributed by atoms with Crippen molar-refractivity contribution in [1.29, 1.82) is 0 Å². The predicted octanol–water partition coefficient (Wildman–Crippen LogP) is 3.29. The van der Waals surface area contributed by atoms with Crippen LogP contribution in [0.25, 0.3) is 0 Å². The Morgan fingerprint density at radius 2 is 2.40 bits per heavy atom. The first-order chi connectivity index (χ1) is 7.33. The maximum absolute atomic E-state index is 5.59. The molecule has 1 aliphatic rings. The molecule has 2 unspecified atom stereocenters. The zero-order chi connectivity index (χ0) is 10.7. The molecule has 1 saturated carbocycles. The van der Waals surface area contributed by atoms with Crippen LogP contribution in [0.4, 0.5) is 0 Å². The molecule has 1 fully saturated rings. The van der Waals surface area contributed by atoms with E-state index in [-0.39, 0.29) is 0 Å². The Balaban J connectivity index is 2.03. The highest BCUT2D eigenvalue weighted by Gasteiger charge is 2.24. The first-order valence-electron chi connectivity index (χ1n) is 5.97. The van der Waals surface area contributed by atoms with Crippen molar-refractivity contribution in [1.82, 2.24) is 4.98 Å². The molecule has 0 saturated heterocycles. The van der Waals surface area contributed by atoms with Crippen LogP contribution in [0.1, 0.15) is 55.6 Å². The monoisotopic (exact) mass is 224 g/mol. The van der Waals surface area contributed by atoms with Gasteiger partial charge in [-0.25, -0.2) is 4.98 Å². The first kappa shape index (κ1) is 11.1. The molecule has 2 nitrogen and oxygen atoms in total. The fourth-order valence-electron chi connectivity index (χ4n) is 2.49. The van der Waals surface area contributed by atoms with Gasteiger partial charge in [-0.05, 0) is 18.8 Å². The van der Waals surface area contributed by atoms with Crippen molar-refractivity contribution >= 4 is 11.3 Å². The molecule has 0 spiro atoms. The topological polar surface area (TPSA) is 38.9 Å². The number of aromatic nitrogens is 1. The highest BCUT2D eigenvalue weighted by atomic mass is 32.1. The molecule has 1 aromatic rings. The van der Waals surface area contributed by atoms with Gasteiger partial charge in [-0.15, -0.1) is 11.3 Å². The van der Waals surface area contributed by atoms with Crippen LogP contribution in [0.5, 0.6) is 0 Å². The van der Waals surface area contributed by atoms with Crippen LogP contribution < -0.4 is 5.73 Å². The highest BCUT2D eigenvalue weighted by molar-refractivity contribution is 7.09. The lowest BCUT2D eigenvalue weighted by Crippen LogP contribution is -2.13. The minimum Gasteiger partial charge on any atom is -0.325 e. The smallest absolute Gasteiger partial charge is 0.0959 e. The molecular formula is C12H20N2S. The molecule has 2 atom stereocenters. The van der Waals surface area contributed by atoms with E-state index in [9.17, 15) is 0 Å². The fourth-order valence-corrected chi connectivity index (χ4v) is 3.47. The molecule has 0 amide bonds. The maximum Gasteiger partial charge on any atom is 0.0959 e. The summed E-state index contributed by atoms with van der Waals surface area (Å²) in [6, 6.07) is 0. The van der Waals surface area contributed by atoms with Gasteiger partial charge in [0, 0.05) is 17.8 Å². The van der Waals surface area contributed by atoms with Gasteiger partial charge in [-0.3, -0.25) is 0 Å². The summed E-state index contributed by atoms with van der Waals surface area (Å²) in [5.41, 5.74) is 6.65. The molecule has 0 aromatic carbocycles. The van der Waals surface area contributed by atoms with Gasteiger partial charge in [0.25, 0.3) is 0 Å². The van der Waals surface area contributed by atoms with Gasteiger partial charge >= 0.3 is 0 Å². The zero-order valence-electron chi connectivity index (χ0n) is 9.41. The average Bonchev–Trinajstić information content (AvgIpc) is 2.78. The number of hydrogen-bond acceptors (Lipinski definition) is 3. The number of nitrogens with two attached hydrogens (primary N) is 1. The van der Waals surface area contributed by atoms with Gasteiger partial charge in [0.1, 0.15) is 0 Å². The molecule has 2 rings (SSSR count). The van der Waals surface area contributed by atoms with Crippen LogP contribution in [0.2, 0.25) is 0 Å². The third kappa shape index (κ3) is 2.58.